The van der Waals surface area contributed by atoms with Crippen LogP contribution in [0.3, 0.4) is 0 Å². The lowest BCUT2D eigenvalue weighted by Gasteiger charge is -2.19. The third kappa shape index (κ3) is 4.59. The summed E-state index contributed by atoms with van der Waals surface area (Å²) in [5.74, 6) is 0. The van der Waals surface area contributed by atoms with Gasteiger partial charge in [-0.3, -0.25) is 4.98 Å². The highest BCUT2D eigenvalue weighted by molar-refractivity contribution is 6.31. The van der Waals surface area contributed by atoms with E-state index in [-0.39, 0.29) is 5.69 Å². The molecule has 4 nitrogen and oxygen atoms in total. The minimum Gasteiger partial charge on any atom is -0.323 e. The van der Waals surface area contributed by atoms with Gasteiger partial charge in [-0.25, -0.2) is 4.79 Å². The zero-order valence-corrected chi connectivity index (χ0v) is 12.8. The molecule has 0 unspecified atom stereocenters. The van der Waals surface area contributed by atoms with E-state index >= 15 is 0 Å². The fourth-order valence-corrected chi connectivity index (χ4v) is 2.10. The molecule has 0 aliphatic rings. The van der Waals surface area contributed by atoms with Gasteiger partial charge < -0.3 is 10.2 Å². The molecule has 1 aromatic heterocycles. The van der Waals surface area contributed by atoms with E-state index < -0.39 is 22.8 Å². The Morgan fingerprint density at radius 3 is 2.52 bits per heavy atom. The highest BCUT2D eigenvalue weighted by Crippen LogP contribution is 2.36. The van der Waals surface area contributed by atoms with Crippen LogP contribution in [0, 0.1) is 0 Å². The van der Waals surface area contributed by atoms with Crippen LogP contribution in [0.5, 0.6) is 0 Å². The largest absolute Gasteiger partial charge is 0.417 e. The van der Waals surface area contributed by atoms with Crippen molar-refractivity contribution in [2.45, 2.75) is 12.7 Å². The molecule has 2 rings (SSSR count). The van der Waals surface area contributed by atoms with Crippen molar-refractivity contribution < 1.29 is 18.0 Å². The second kappa shape index (κ2) is 6.87. The number of nitrogens with zero attached hydrogens (tertiary/aromatic N) is 2. The Labute approximate surface area is 135 Å². The fourth-order valence-electron chi connectivity index (χ4n) is 1.87. The summed E-state index contributed by atoms with van der Waals surface area (Å²) in [5.41, 5.74) is -0.119. The van der Waals surface area contributed by atoms with Gasteiger partial charge in [-0.15, -0.1) is 0 Å². The summed E-state index contributed by atoms with van der Waals surface area (Å²) in [4.78, 5) is 17.3. The molecule has 2 aromatic rings. The summed E-state index contributed by atoms with van der Waals surface area (Å²) >= 11 is 5.54. The molecule has 0 radical (unpaired) electrons. The first-order valence-electron chi connectivity index (χ1n) is 6.55. The number of hydrogen-bond donors (Lipinski definition) is 1. The van der Waals surface area contributed by atoms with Crippen molar-refractivity contribution in [2.75, 3.05) is 12.4 Å². The summed E-state index contributed by atoms with van der Waals surface area (Å²) < 4.78 is 38.4. The summed E-state index contributed by atoms with van der Waals surface area (Å²) in [6.07, 6.45) is -1.40. The monoisotopic (exact) mass is 343 g/mol. The number of anilines is 1. The summed E-state index contributed by atoms with van der Waals surface area (Å²) in [6, 6.07) is 6.18. The van der Waals surface area contributed by atoms with Gasteiger partial charge in [0.1, 0.15) is 0 Å². The quantitative estimate of drug-likeness (QED) is 0.896. The van der Waals surface area contributed by atoms with Crippen LogP contribution < -0.4 is 5.32 Å². The highest BCUT2D eigenvalue weighted by atomic mass is 35.5. The van der Waals surface area contributed by atoms with Gasteiger partial charge in [0, 0.05) is 31.7 Å². The van der Waals surface area contributed by atoms with Gasteiger partial charge in [0.25, 0.3) is 0 Å². The Kier molecular flexibility index (Phi) is 5.10. The third-order valence-corrected chi connectivity index (χ3v) is 3.37. The zero-order valence-electron chi connectivity index (χ0n) is 12.1. The van der Waals surface area contributed by atoms with E-state index in [1.165, 1.54) is 18.0 Å². The maximum atomic E-state index is 12.8. The Hall–Kier alpha value is -2.28. The molecule has 122 valence electrons. The first-order valence-corrected chi connectivity index (χ1v) is 6.93. The van der Waals surface area contributed by atoms with Crippen LogP contribution in [-0.4, -0.2) is 23.0 Å². The van der Waals surface area contributed by atoms with Gasteiger partial charge in [0.05, 0.1) is 10.6 Å². The van der Waals surface area contributed by atoms with Crippen LogP contribution in [0.2, 0.25) is 5.02 Å². The standard InChI is InChI=1S/C15H13ClF3N3O/c1-22(9-10-4-6-20-7-5-10)14(23)21-11-2-3-13(16)12(8-11)15(17,18)19/h2-8H,9H2,1H3,(H,21,23). The van der Waals surface area contributed by atoms with Crippen LogP contribution in [0.15, 0.2) is 42.7 Å². The van der Waals surface area contributed by atoms with E-state index in [0.717, 1.165) is 17.7 Å². The highest BCUT2D eigenvalue weighted by Gasteiger charge is 2.33. The number of hydrogen-bond acceptors (Lipinski definition) is 2. The van der Waals surface area contributed by atoms with E-state index in [0.29, 0.717) is 6.54 Å². The van der Waals surface area contributed by atoms with Crippen LogP contribution >= 0.6 is 11.6 Å². The molecule has 0 fully saturated rings. The van der Waals surface area contributed by atoms with Crippen molar-refractivity contribution in [3.63, 3.8) is 0 Å². The van der Waals surface area contributed by atoms with E-state index in [2.05, 4.69) is 10.3 Å². The number of nitrogens with one attached hydrogen (secondary N) is 1. The fraction of sp³-hybridized carbons (Fsp3) is 0.200. The molecule has 2 amide bonds. The number of carbonyl (C=O) groups is 1. The number of aromatic nitrogens is 1. The topological polar surface area (TPSA) is 45.2 Å². The predicted molar refractivity (Wildman–Crippen MR) is 81.2 cm³/mol. The van der Waals surface area contributed by atoms with Crippen LogP contribution in [0.1, 0.15) is 11.1 Å². The summed E-state index contributed by atoms with van der Waals surface area (Å²) in [7, 11) is 1.54. The average Bonchev–Trinajstić information content (AvgIpc) is 2.49. The Balaban J connectivity index is 2.08. The number of alkyl halides is 3. The van der Waals surface area contributed by atoms with Gasteiger partial charge in [-0.2, -0.15) is 13.2 Å². The molecule has 1 heterocycles. The molecular formula is C15H13ClF3N3O. The Morgan fingerprint density at radius 2 is 1.91 bits per heavy atom. The molecule has 0 aliphatic heterocycles. The van der Waals surface area contributed by atoms with Crippen LogP contribution in [-0.2, 0) is 12.7 Å². The van der Waals surface area contributed by atoms with Crippen molar-refractivity contribution in [2.24, 2.45) is 0 Å². The summed E-state index contributed by atoms with van der Waals surface area (Å²) in [5, 5.41) is 2.00. The first-order chi connectivity index (χ1) is 10.8. The Morgan fingerprint density at radius 1 is 1.26 bits per heavy atom. The number of amides is 2. The van der Waals surface area contributed by atoms with Crippen molar-refractivity contribution in [1.82, 2.24) is 9.88 Å². The van der Waals surface area contributed by atoms with Crippen molar-refractivity contribution >= 4 is 23.3 Å². The van der Waals surface area contributed by atoms with Gasteiger partial charge in [0.2, 0.25) is 0 Å². The summed E-state index contributed by atoms with van der Waals surface area (Å²) in [6.45, 7) is 0.300. The minimum absolute atomic E-state index is 0.0216. The van der Waals surface area contributed by atoms with Crippen molar-refractivity contribution in [3.8, 4) is 0 Å². The third-order valence-electron chi connectivity index (χ3n) is 3.04. The molecule has 23 heavy (non-hydrogen) atoms. The molecule has 8 heteroatoms. The number of benzene rings is 1. The lowest BCUT2D eigenvalue weighted by atomic mass is 10.2. The molecule has 1 aromatic carbocycles. The molecule has 1 N–H and O–H groups in total. The second-order valence-corrected chi connectivity index (χ2v) is 5.24. The minimum atomic E-state index is -4.58. The van der Waals surface area contributed by atoms with Crippen LogP contribution in [0.4, 0.5) is 23.7 Å². The van der Waals surface area contributed by atoms with Crippen molar-refractivity contribution in [1.29, 1.82) is 0 Å². The molecular weight excluding hydrogens is 331 g/mol. The van der Waals surface area contributed by atoms with Gasteiger partial charge in [-0.1, -0.05) is 11.6 Å². The van der Waals surface area contributed by atoms with Crippen molar-refractivity contribution in [3.05, 3.63) is 58.9 Å². The maximum Gasteiger partial charge on any atom is 0.417 e. The normalized spacial score (nSPS) is 11.2. The van der Waals surface area contributed by atoms with E-state index in [4.69, 9.17) is 11.6 Å². The lowest BCUT2D eigenvalue weighted by molar-refractivity contribution is -0.137. The Bertz CT molecular complexity index is 692. The van der Waals surface area contributed by atoms with Gasteiger partial charge in [0.15, 0.2) is 0 Å². The molecule has 0 saturated heterocycles. The van der Waals surface area contributed by atoms with Gasteiger partial charge >= 0.3 is 12.2 Å². The molecule has 0 bridgehead atoms. The molecule has 0 atom stereocenters. The molecule has 0 aliphatic carbocycles. The number of rotatable bonds is 3. The SMILES string of the molecule is CN(Cc1ccncc1)C(=O)Nc1ccc(Cl)c(C(F)(F)F)c1. The zero-order chi connectivity index (χ0) is 17.0. The molecule has 0 spiro atoms. The van der Waals surface area contributed by atoms with E-state index in [1.54, 1.807) is 24.5 Å². The van der Waals surface area contributed by atoms with Gasteiger partial charge in [-0.05, 0) is 35.9 Å². The number of halogens is 4. The predicted octanol–water partition coefficient (Wildman–Crippen LogP) is 4.42. The van der Waals surface area contributed by atoms with Crippen LogP contribution in [0.25, 0.3) is 0 Å². The number of pyridine rings is 1. The van der Waals surface area contributed by atoms with E-state index in [9.17, 15) is 18.0 Å². The maximum absolute atomic E-state index is 12.8. The number of carbonyl (C=O) groups excluding carboxylic acids is 1. The average molecular weight is 344 g/mol. The first kappa shape index (κ1) is 17.1. The van der Waals surface area contributed by atoms with E-state index in [1.807, 2.05) is 0 Å². The smallest absolute Gasteiger partial charge is 0.323 e. The lowest BCUT2D eigenvalue weighted by Crippen LogP contribution is -2.30. The second-order valence-electron chi connectivity index (χ2n) is 4.83. The molecule has 0 saturated carbocycles. The number of urea groups is 1.